The summed E-state index contributed by atoms with van der Waals surface area (Å²) in [5, 5.41) is 0. The van der Waals surface area contributed by atoms with Gasteiger partial charge in [0.2, 0.25) is 0 Å². The smallest absolute Gasteiger partial charge is 0.281 e. The molecule has 2 heterocycles. The molecule has 1 aromatic rings. The van der Waals surface area contributed by atoms with Gasteiger partial charge in [0.05, 0.1) is 0 Å². The fraction of sp³-hybridized carbons (Fsp3) is 0.545. The van der Waals surface area contributed by atoms with Crippen LogP contribution in [0.15, 0.2) is 18.3 Å². The van der Waals surface area contributed by atoms with Gasteiger partial charge < -0.3 is 9.88 Å². The highest BCUT2D eigenvalue weighted by Crippen LogP contribution is 2.11. The molecular weight excluding hydrogens is 268 g/mol. The molecule has 0 aliphatic carbocycles. The van der Waals surface area contributed by atoms with Crippen LogP contribution in [-0.2, 0) is 10.2 Å². The molecule has 0 radical (unpaired) electrons. The second-order valence-corrected chi connectivity index (χ2v) is 6.71. The van der Waals surface area contributed by atoms with Gasteiger partial charge in [0.15, 0.2) is 0 Å². The van der Waals surface area contributed by atoms with E-state index in [2.05, 4.69) is 4.98 Å². The molecule has 2 rings (SSSR count). The van der Waals surface area contributed by atoms with Gasteiger partial charge in [-0.2, -0.15) is 17.0 Å². The number of nitrogens with one attached hydrogen (secondary N) is 1. The Labute approximate surface area is 113 Å². The fourth-order valence-corrected chi connectivity index (χ4v) is 3.07. The second kappa shape index (κ2) is 5.32. The van der Waals surface area contributed by atoms with Gasteiger partial charge in [-0.3, -0.25) is 4.79 Å². The summed E-state index contributed by atoms with van der Waals surface area (Å²) in [6.07, 6.45) is 1.69. The number of aromatic amines is 1. The Balaban J connectivity index is 1.98. The summed E-state index contributed by atoms with van der Waals surface area (Å²) in [5.74, 6) is -0.0908. The lowest BCUT2D eigenvalue weighted by atomic mass is 10.3. The largest absolute Gasteiger partial charge is 0.357 e. The minimum atomic E-state index is -3.38. The zero-order chi connectivity index (χ0) is 14.0. The molecule has 1 aliphatic heterocycles. The first kappa shape index (κ1) is 14.0. The van der Waals surface area contributed by atoms with Crippen molar-refractivity contribution in [1.82, 2.24) is 18.5 Å². The van der Waals surface area contributed by atoms with E-state index in [-0.39, 0.29) is 5.91 Å². The summed E-state index contributed by atoms with van der Waals surface area (Å²) in [7, 11) is -0.371. The van der Waals surface area contributed by atoms with Crippen LogP contribution in [-0.4, -0.2) is 73.1 Å². The Bertz CT molecular complexity index is 530. The lowest BCUT2D eigenvalue weighted by Gasteiger charge is -2.34. The van der Waals surface area contributed by atoms with Gasteiger partial charge in [0, 0.05) is 46.5 Å². The molecule has 8 heteroatoms. The van der Waals surface area contributed by atoms with E-state index in [1.165, 1.54) is 22.7 Å². The number of piperazine rings is 1. The fourth-order valence-electron chi connectivity index (χ4n) is 1.99. The molecule has 7 nitrogen and oxygen atoms in total. The van der Waals surface area contributed by atoms with Crippen molar-refractivity contribution in [1.29, 1.82) is 0 Å². The van der Waals surface area contributed by atoms with Crippen molar-refractivity contribution in [3.63, 3.8) is 0 Å². The number of nitrogens with zero attached hydrogens (tertiary/aromatic N) is 3. The monoisotopic (exact) mass is 286 g/mol. The number of carbonyl (C=O) groups excluding carboxylic acids is 1. The van der Waals surface area contributed by atoms with Gasteiger partial charge in [-0.1, -0.05) is 0 Å². The number of rotatable bonds is 3. The Morgan fingerprint density at radius 1 is 1.26 bits per heavy atom. The highest BCUT2D eigenvalue weighted by atomic mass is 32.2. The van der Waals surface area contributed by atoms with E-state index in [1.807, 2.05) is 0 Å². The van der Waals surface area contributed by atoms with Gasteiger partial charge in [-0.15, -0.1) is 0 Å². The number of H-pyrrole nitrogens is 1. The van der Waals surface area contributed by atoms with Crippen molar-refractivity contribution < 1.29 is 13.2 Å². The van der Waals surface area contributed by atoms with E-state index in [0.29, 0.717) is 31.9 Å². The third kappa shape index (κ3) is 2.80. The lowest BCUT2D eigenvalue weighted by molar-refractivity contribution is 0.0690. The Kier molecular flexibility index (Phi) is 3.93. The van der Waals surface area contributed by atoms with Crippen LogP contribution < -0.4 is 0 Å². The summed E-state index contributed by atoms with van der Waals surface area (Å²) in [6, 6.07) is 3.48. The quantitative estimate of drug-likeness (QED) is 0.820. The van der Waals surface area contributed by atoms with Crippen molar-refractivity contribution in [2.75, 3.05) is 40.3 Å². The van der Waals surface area contributed by atoms with Crippen LogP contribution in [0.25, 0.3) is 0 Å². The Morgan fingerprint density at radius 2 is 1.89 bits per heavy atom. The van der Waals surface area contributed by atoms with Crippen molar-refractivity contribution in [3.8, 4) is 0 Å². The third-order valence-electron chi connectivity index (χ3n) is 3.14. The topological polar surface area (TPSA) is 76.7 Å². The van der Waals surface area contributed by atoms with E-state index in [1.54, 1.807) is 23.2 Å². The number of aromatic nitrogens is 1. The maximum atomic E-state index is 12.1. The van der Waals surface area contributed by atoms with Crippen LogP contribution in [0.4, 0.5) is 0 Å². The minimum absolute atomic E-state index is 0.0908. The van der Waals surface area contributed by atoms with Crippen molar-refractivity contribution in [2.45, 2.75) is 0 Å². The molecule has 1 fully saturated rings. The lowest BCUT2D eigenvalue weighted by Crippen LogP contribution is -2.53. The SMILES string of the molecule is CN(C)S(=O)(=O)N1CCN(C(=O)c2ccc[nH]2)CC1. The van der Waals surface area contributed by atoms with Gasteiger partial charge in [0.25, 0.3) is 16.1 Å². The molecule has 1 aliphatic rings. The molecule has 1 N–H and O–H groups in total. The van der Waals surface area contributed by atoms with Crippen LogP contribution in [0.1, 0.15) is 10.5 Å². The van der Waals surface area contributed by atoms with Crippen LogP contribution in [0.2, 0.25) is 0 Å². The molecule has 0 spiro atoms. The maximum absolute atomic E-state index is 12.1. The Morgan fingerprint density at radius 3 is 2.37 bits per heavy atom. The number of hydrogen-bond donors (Lipinski definition) is 1. The summed E-state index contributed by atoms with van der Waals surface area (Å²) in [6.45, 7) is 1.47. The molecule has 106 valence electrons. The van der Waals surface area contributed by atoms with Gasteiger partial charge >= 0.3 is 0 Å². The zero-order valence-electron chi connectivity index (χ0n) is 11.0. The predicted molar refractivity (Wildman–Crippen MR) is 70.9 cm³/mol. The first-order chi connectivity index (χ1) is 8.93. The molecule has 0 bridgehead atoms. The first-order valence-electron chi connectivity index (χ1n) is 6.03. The Hall–Kier alpha value is -1.38. The molecule has 0 unspecified atom stereocenters. The van der Waals surface area contributed by atoms with Crippen LogP contribution in [0.3, 0.4) is 0 Å². The molecule has 1 amide bonds. The van der Waals surface area contributed by atoms with E-state index in [0.717, 1.165) is 0 Å². The molecular formula is C11H18N4O3S. The van der Waals surface area contributed by atoms with Crippen LogP contribution in [0.5, 0.6) is 0 Å². The van der Waals surface area contributed by atoms with E-state index >= 15 is 0 Å². The predicted octanol–water partition coefficient (Wildman–Crippen LogP) is -0.421. The van der Waals surface area contributed by atoms with Gasteiger partial charge in [-0.25, -0.2) is 0 Å². The van der Waals surface area contributed by atoms with Gasteiger partial charge in [-0.05, 0) is 12.1 Å². The number of carbonyl (C=O) groups is 1. The van der Waals surface area contributed by atoms with Crippen molar-refractivity contribution in [2.24, 2.45) is 0 Å². The molecule has 0 saturated carbocycles. The van der Waals surface area contributed by atoms with Crippen molar-refractivity contribution in [3.05, 3.63) is 24.0 Å². The molecule has 0 aromatic carbocycles. The van der Waals surface area contributed by atoms with Gasteiger partial charge in [0.1, 0.15) is 5.69 Å². The first-order valence-corrected chi connectivity index (χ1v) is 7.43. The van der Waals surface area contributed by atoms with Crippen LogP contribution >= 0.6 is 0 Å². The molecule has 0 atom stereocenters. The normalized spacial score (nSPS) is 17.9. The van der Waals surface area contributed by atoms with E-state index in [9.17, 15) is 13.2 Å². The average Bonchev–Trinajstić information content (AvgIpc) is 2.91. The van der Waals surface area contributed by atoms with Crippen molar-refractivity contribution >= 4 is 16.1 Å². The average molecular weight is 286 g/mol. The zero-order valence-corrected chi connectivity index (χ0v) is 11.9. The third-order valence-corrected chi connectivity index (χ3v) is 5.08. The minimum Gasteiger partial charge on any atom is -0.357 e. The van der Waals surface area contributed by atoms with E-state index in [4.69, 9.17) is 0 Å². The highest BCUT2D eigenvalue weighted by molar-refractivity contribution is 7.86. The summed E-state index contributed by atoms with van der Waals surface area (Å²) in [5.41, 5.74) is 0.531. The molecule has 19 heavy (non-hydrogen) atoms. The summed E-state index contributed by atoms with van der Waals surface area (Å²) in [4.78, 5) is 16.6. The molecule has 1 aromatic heterocycles. The highest BCUT2D eigenvalue weighted by Gasteiger charge is 2.30. The molecule has 1 saturated heterocycles. The summed E-state index contributed by atoms with van der Waals surface area (Å²) >= 11 is 0. The number of amides is 1. The van der Waals surface area contributed by atoms with E-state index < -0.39 is 10.2 Å². The summed E-state index contributed by atoms with van der Waals surface area (Å²) < 4.78 is 26.4. The number of hydrogen-bond acceptors (Lipinski definition) is 3. The van der Waals surface area contributed by atoms with Crippen LogP contribution in [0, 0.1) is 0 Å². The maximum Gasteiger partial charge on any atom is 0.281 e. The standard InChI is InChI=1S/C11H18N4O3S/c1-13(2)19(17,18)15-8-6-14(7-9-15)11(16)10-4-3-5-12-10/h3-5,12H,6-9H2,1-2H3. The second-order valence-electron chi connectivity index (χ2n) is 4.57.